The highest BCUT2D eigenvalue weighted by atomic mass is 35.5. The number of likely N-dealkylation sites (N-methyl/N-ethyl adjacent to an activating group) is 1. The van der Waals surface area contributed by atoms with E-state index in [0.717, 1.165) is 31.9 Å². The van der Waals surface area contributed by atoms with E-state index < -0.39 is 5.91 Å². The van der Waals surface area contributed by atoms with Crippen molar-refractivity contribution in [3.8, 4) is 23.4 Å². The maximum absolute atomic E-state index is 12.6. The molecule has 5 rings (SSSR count). The summed E-state index contributed by atoms with van der Waals surface area (Å²) in [6, 6.07) is 17.8. The molecule has 0 unspecified atom stereocenters. The fourth-order valence-corrected chi connectivity index (χ4v) is 4.39. The first-order valence-electron chi connectivity index (χ1n) is 13.1. The third-order valence-electron chi connectivity index (χ3n) is 6.51. The summed E-state index contributed by atoms with van der Waals surface area (Å²) in [6.07, 6.45) is 4.25. The number of piperazine rings is 1. The Kier molecular flexibility index (Phi) is 8.87. The van der Waals surface area contributed by atoms with Gasteiger partial charge in [-0.2, -0.15) is 10.2 Å². The first kappa shape index (κ1) is 28.5. The molecule has 0 spiro atoms. The third-order valence-corrected chi connectivity index (χ3v) is 6.77. The smallest absolute Gasteiger partial charge is 0.266 e. The Morgan fingerprint density at radius 3 is 2.71 bits per heavy atom. The molecule has 2 aromatic heterocycles. The van der Waals surface area contributed by atoms with Crippen molar-refractivity contribution in [1.82, 2.24) is 14.9 Å². The molecule has 0 bridgehead atoms. The summed E-state index contributed by atoms with van der Waals surface area (Å²) in [5, 5.41) is 15.5. The van der Waals surface area contributed by atoms with Gasteiger partial charge in [0.1, 0.15) is 33.9 Å². The number of rotatable bonds is 9. The summed E-state index contributed by atoms with van der Waals surface area (Å²) in [5.74, 6) is 1.18. The van der Waals surface area contributed by atoms with E-state index in [-0.39, 0.29) is 22.4 Å². The van der Waals surface area contributed by atoms with Crippen molar-refractivity contribution >= 4 is 46.6 Å². The van der Waals surface area contributed by atoms with E-state index >= 15 is 0 Å². The molecular weight excluding hydrogens is 558 g/mol. The van der Waals surface area contributed by atoms with Crippen molar-refractivity contribution in [2.24, 2.45) is 0 Å². The van der Waals surface area contributed by atoms with Crippen LogP contribution in [0.25, 0.3) is 6.08 Å². The first-order valence-corrected chi connectivity index (χ1v) is 13.5. The van der Waals surface area contributed by atoms with Gasteiger partial charge >= 0.3 is 0 Å². The average molecular weight is 586 g/mol. The highest BCUT2D eigenvalue weighted by Gasteiger charge is 2.17. The van der Waals surface area contributed by atoms with Crippen LogP contribution in [0.15, 0.2) is 77.0 Å². The Balaban J connectivity index is 1.28. The Hall–Kier alpha value is -5.05. The SMILES string of the molecule is COc1cc(N2CCN(C)CC2)ccc1Nc1ncc(Cl)c(Oc2cccc(NC(=O)/C(C#N)=C/c3ccco3)c2)n1. The van der Waals surface area contributed by atoms with Crippen LogP contribution in [0, 0.1) is 11.3 Å². The zero-order chi connectivity index (χ0) is 29.5. The molecule has 2 N–H and O–H groups in total. The highest BCUT2D eigenvalue weighted by molar-refractivity contribution is 6.31. The summed E-state index contributed by atoms with van der Waals surface area (Å²) >= 11 is 6.34. The van der Waals surface area contributed by atoms with E-state index in [1.807, 2.05) is 24.3 Å². The predicted molar refractivity (Wildman–Crippen MR) is 160 cm³/mol. The lowest BCUT2D eigenvalue weighted by Crippen LogP contribution is -2.44. The number of ether oxygens (including phenoxy) is 2. The zero-order valence-corrected chi connectivity index (χ0v) is 23.8. The van der Waals surface area contributed by atoms with Crippen LogP contribution in [-0.4, -0.2) is 61.1 Å². The number of furan rings is 1. The van der Waals surface area contributed by atoms with E-state index in [1.165, 1.54) is 18.5 Å². The lowest BCUT2D eigenvalue weighted by Gasteiger charge is -2.34. The van der Waals surface area contributed by atoms with Crippen molar-refractivity contribution < 1.29 is 18.7 Å². The molecule has 0 atom stereocenters. The quantitative estimate of drug-likeness (QED) is 0.190. The van der Waals surface area contributed by atoms with Gasteiger partial charge in [0.05, 0.1) is 25.3 Å². The van der Waals surface area contributed by atoms with Crippen molar-refractivity contribution in [3.05, 3.63) is 83.4 Å². The Labute approximate surface area is 247 Å². The molecule has 2 aromatic carbocycles. The van der Waals surface area contributed by atoms with Gasteiger partial charge in [-0.15, -0.1) is 0 Å². The number of halogens is 1. The molecule has 11 nitrogen and oxygen atoms in total. The van der Waals surface area contributed by atoms with Gasteiger partial charge in [0, 0.05) is 55.8 Å². The lowest BCUT2D eigenvalue weighted by atomic mass is 10.2. The molecule has 214 valence electrons. The number of hydrogen-bond acceptors (Lipinski definition) is 10. The zero-order valence-electron chi connectivity index (χ0n) is 23.0. The number of nitrogens with zero attached hydrogens (tertiary/aromatic N) is 5. The van der Waals surface area contributed by atoms with E-state index in [9.17, 15) is 10.1 Å². The topological polar surface area (TPSA) is 129 Å². The van der Waals surface area contributed by atoms with Crippen LogP contribution in [0.1, 0.15) is 5.76 Å². The van der Waals surface area contributed by atoms with Gasteiger partial charge < -0.3 is 34.3 Å². The predicted octanol–water partition coefficient (Wildman–Crippen LogP) is 5.56. The van der Waals surface area contributed by atoms with Crippen molar-refractivity contribution in [2.45, 2.75) is 0 Å². The monoisotopic (exact) mass is 585 g/mol. The molecule has 1 fully saturated rings. The van der Waals surface area contributed by atoms with Gasteiger partial charge in [-0.25, -0.2) is 4.98 Å². The van der Waals surface area contributed by atoms with Crippen molar-refractivity contribution in [1.29, 1.82) is 5.26 Å². The summed E-state index contributed by atoms with van der Waals surface area (Å²) in [5.41, 5.74) is 2.06. The van der Waals surface area contributed by atoms with Crippen LogP contribution in [0.4, 0.5) is 23.0 Å². The van der Waals surface area contributed by atoms with E-state index in [0.29, 0.717) is 28.6 Å². The Bertz CT molecular complexity index is 1630. The number of hydrogen-bond donors (Lipinski definition) is 2. The van der Waals surface area contributed by atoms with E-state index in [2.05, 4.69) is 37.4 Å². The molecule has 42 heavy (non-hydrogen) atoms. The van der Waals surface area contributed by atoms with Gasteiger partial charge in [0.25, 0.3) is 5.91 Å². The number of nitrogens with one attached hydrogen (secondary N) is 2. The second-order valence-electron chi connectivity index (χ2n) is 9.42. The molecule has 0 radical (unpaired) electrons. The van der Waals surface area contributed by atoms with Crippen LogP contribution in [-0.2, 0) is 4.79 Å². The Morgan fingerprint density at radius 2 is 1.98 bits per heavy atom. The maximum atomic E-state index is 12.6. The number of anilines is 4. The largest absolute Gasteiger partial charge is 0.494 e. The third kappa shape index (κ3) is 6.98. The minimum absolute atomic E-state index is 0.112. The number of nitriles is 1. The standard InChI is InChI=1S/C30H28ClN7O4/c1-37-10-12-38(13-11-37)22-8-9-26(27(17-22)40-2)35-30-33-19-25(31)29(36-30)42-24-6-3-5-21(16-24)34-28(39)20(18-32)15-23-7-4-14-41-23/h3-9,14-17,19H,10-13H2,1-2H3,(H,34,39)(H,33,35,36)/b20-15+. The maximum Gasteiger partial charge on any atom is 0.266 e. The van der Waals surface area contributed by atoms with E-state index in [4.69, 9.17) is 25.5 Å². The van der Waals surface area contributed by atoms with Crippen LogP contribution in [0.2, 0.25) is 5.02 Å². The van der Waals surface area contributed by atoms with Crippen molar-refractivity contribution in [2.75, 3.05) is 55.9 Å². The fourth-order valence-electron chi connectivity index (χ4n) is 4.26. The number of carbonyl (C=O) groups excluding carboxylic acids is 1. The molecule has 1 amide bonds. The number of aromatic nitrogens is 2. The number of methoxy groups -OCH3 is 1. The summed E-state index contributed by atoms with van der Waals surface area (Å²) in [6.45, 7) is 3.89. The second kappa shape index (κ2) is 13.1. The number of benzene rings is 2. The normalized spacial score (nSPS) is 13.8. The van der Waals surface area contributed by atoms with Gasteiger partial charge in [-0.1, -0.05) is 17.7 Å². The van der Waals surface area contributed by atoms with Gasteiger partial charge in [-0.3, -0.25) is 4.79 Å². The molecule has 1 aliphatic heterocycles. The highest BCUT2D eigenvalue weighted by Crippen LogP contribution is 2.34. The molecular formula is C30H28ClN7O4. The minimum Gasteiger partial charge on any atom is -0.494 e. The fraction of sp³-hybridized carbons (Fsp3) is 0.200. The summed E-state index contributed by atoms with van der Waals surface area (Å²) in [4.78, 5) is 26.0. The van der Waals surface area contributed by atoms with Gasteiger partial charge in [0.15, 0.2) is 0 Å². The molecule has 4 aromatic rings. The van der Waals surface area contributed by atoms with Gasteiger partial charge in [0.2, 0.25) is 11.8 Å². The Morgan fingerprint density at radius 1 is 1.14 bits per heavy atom. The molecule has 3 heterocycles. The molecule has 0 saturated carbocycles. The molecule has 1 aliphatic rings. The van der Waals surface area contributed by atoms with Crippen LogP contribution < -0.4 is 25.0 Å². The van der Waals surface area contributed by atoms with Crippen LogP contribution in [0.3, 0.4) is 0 Å². The van der Waals surface area contributed by atoms with Crippen LogP contribution >= 0.6 is 11.6 Å². The minimum atomic E-state index is -0.592. The van der Waals surface area contributed by atoms with Gasteiger partial charge in [-0.05, 0) is 43.4 Å². The van der Waals surface area contributed by atoms with Crippen LogP contribution in [0.5, 0.6) is 17.4 Å². The number of carbonyl (C=O) groups is 1. The van der Waals surface area contributed by atoms with E-state index in [1.54, 1.807) is 43.5 Å². The molecule has 0 aliphatic carbocycles. The molecule has 12 heteroatoms. The van der Waals surface area contributed by atoms with Crippen molar-refractivity contribution in [3.63, 3.8) is 0 Å². The number of amides is 1. The molecule has 1 saturated heterocycles. The first-order chi connectivity index (χ1) is 20.4. The summed E-state index contributed by atoms with van der Waals surface area (Å²) < 4.78 is 16.8. The summed E-state index contributed by atoms with van der Waals surface area (Å²) in [7, 11) is 3.74. The second-order valence-corrected chi connectivity index (χ2v) is 9.82. The average Bonchev–Trinajstić information content (AvgIpc) is 3.52. The lowest BCUT2D eigenvalue weighted by molar-refractivity contribution is -0.112.